The van der Waals surface area contributed by atoms with Crippen LogP contribution in [0.1, 0.15) is 23.7 Å². The van der Waals surface area contributed by atoms with Gasteiger partial charge in [-0.1, -0.05) is 6.92 Å². The van der Waals surface area contributed by atoms with Crippen LogP contribution in [0.5, 0.6) is 0 Å². The topological polar surface area (TPSA) is 101 Å². The fourth-order valence-electron chi connectivity index (χ4n) is 2.20. The highest BCUT2D eigenvalue weighted by atomic mass is 16.5. The van der Waals surface area contributed by atoms with Gasteiger partial charge in [0.2, 0.25) is 5.91 Å². The van der Waals surface area contributed by atoms with Gasteiger partial charge in [-0.2, -0.15) is 0 Å². The third-order valence-corrected chi connectivity index (χ3v) is 3.33. The summed E-state index contributed by atoms with van der Waals surface area (Å²) in [5, 5.41) is 14.9. The quantitative estimate of drug-likeness (QED) is 0.715. The molecular formula is C14H19N3O4. The molecule has 2 atom stereocenters. The van der Waals surface area contributed by atoms with Crippen LogP contribution in [0, 0.1) is 5.92 Å². The van der Waals surface area contributed by atoms with E-state index in [4.69, 9.17) is 9.84 Å². The Labute approximate surface area is 122 Å². The molecule has 1 amide bonds. The molecule has 1 saturated heterocycles. The summed E-state index contributed by atoms with van der Waals surface area (Å²) >= 11 is 0. The highest BCUT2D eigenvalue weighted by molar-refractivity contribution is 5.95. The lowest BCUT2D eigenvalue weighted by atomic mass is 10.0. The van der Waals surface area contributed by atoms with Gasteiger partial charge in [-0.15, -0.1) is 0 Å². The lowest BCUT2D eigenvalue weighted by Gasteiger charge is -2.18. The average molecular weight is 293 g/mol. The molecule has 0 aromatic carbocycles. The molecule has 1 aromatic rings. The van der Waals surface area contributed by atoms with E-state index >= 15 is 0 Å². The van der Waals surface area contributed by atoms with Gasteiger partial charge in [0.25, 0.3) is 0 Å². The van der Waals surface area contributed by atoms with Crippen molar-refractivity contribution in [2.45, 2.75) is 19.4 Å². The first-order valence-corrected chi connectivity index (χ1v) is 6.92. The third kappa shape index (κ3) is 3.99. The van der Waals surface area contributed by atoms with Gasteiger partial charge >= 0.3 is 5.97 Å². The van der Waals surface area contributed by atoms with Crippen molar-refractivity contribution in [3.05, 3.63) is 24.0 Å². The number of amides is 1. The van der Waals surface area contributed by atoms with Gasteiger partial charge in [-0.25, -0.2) is 4.79 Å². The Hall–Kier alpha value is -1.99. The van der Waals surface area contributed by atoms with Gasteiger partial charge in [0.15, 0.2) is 0 Å². The summed E-state index contributed by atoms with van der Waals surface area (Å²) in [7, 11) is 0. The summed E-state index contributed by atoms with van der Waals surface area (Å²) in [6, 6.07) is 1.37. The molecule has 2 heterocycles. The van der Waals surface area contributed by atoms with E-state index in [1.54, 1.807) is 0 Å². The number of ether oxygens (including phenoxy) is 1. The van der Waals surface area contributed by atoms with Crippen molar-refractivity contribution in [2.75, 3.05) is 25.1 Å². The van der Waals surface area contributed by atoms with Crippen LogP contribution in [0.15, 0.2) is 18.5 Å². The number of carbonyl (C=O) groups excluding carboxylic acids is 1. The maximum absolute atomic E-state index is 12.3. The zero-order chi connectivity index (χ0) is 15.2. The Morgan fingerprint density at radius 3 is 2.95 bits per heavy atom. The van der Waals surface area contributed by atoms with E-state index in [2.05, 4.69) is 22.5 Å². The highest BCUT2D eigenvalue weighted by Gasteiger charge is 2.33. The molecule has 1 aromatic heterocycles. The first-order valence-electron chi connectivity index (χ1n) is 6.92. The van der Waals surface area contributed by atoms with Crippen LogP contribution in [0.25, 0.3) is 0 Å². The third-order valence-electron chi connectivity index (χ3n) is 3.33. The fourth-order valence-corrected chi connectivity index (χ4v) is 2.20. The molecule has 0 aliphatic carbocycles. The number of carboxylic acid groups (broad SMARTS) is 1. The molecule has 7 nitrogen and oxygen atoms in total. The molecule has 0 radical (unpaired) electrons. The number of aromatic carboxylic acids is 1. The summed E-state index contributed by atoms with van der Waals surface area (Å²) in [5.74, 6) is -1.55. The van der Waals surface area contributed by atoms with E-state index in [9.17, 15) is 9.59 Å². The molecule has 0 spiro atoms. The second-order valence-electron chi connectivity index (χ2n) is 4.96. The summed E-state index contributed by atoms with van der Waals surface area (Å²) in [4.78, 5) is 27.0. The highest BCUT2D eigenvalue weighted by Crippen LogP contribution is 2.17. The Kier molecular flexibility index (Phi) is 5.24. The van der Waals surface area contributed by atoms with Crippen molar-refractivity contribution < 1.29 is 19.4 Å². The van der Waals surface area contributed by atoms with Gasteiger partial charge in [0.05, 0.1) is 36.6 Å². The smallest absolute Gasteiger partial charge is 0.337 e. The van der Waals surface area contributed by atoms with E-state index in [1.807, 2.05) is 0 Å². The van der Waals surface area contributed by atoms with E-state index in [0.717, 1.165) is 13.0 Å². The maximum Gasteiger partial charge on any atom is 0.337 e. The molecule has 1 aliphatic rings. The second kappa shape index (κ2) is 7.14. The molecule has 21 heavy (non-hydrogen) atoms. The van der Waals surface area contributed by atoms with Gasteiger partial charge in [-0.05, 0) is 19.0 Å². The lowest BCUT2D eigenvalue weighted by molar-refractivity contribution is -0.120. The minimum Gasteiger partial charge on any atom is -0.478 e. The zero-order valence-electron chi connectivity index (χ0n) is 11.8. The number of hydrogen-bond donors (Lipinski definition) is 3. The molecule has 2 unspecified atom stereocenters. The number of rotatable bonds is 6. The Morgan fingerprint density at radius 1 is 1.43 bits per heavy atom. The molecule has 0 saturated carbocycles. The second-order valence-corrected chi connectivity index (χ2v) is 4.96. The predicted molar refractivity (Wildman–Crippen MR) is 76.2 cm³/mol. The van der Waals surface area contributed by atoms with Crippen LogP contribution in [-0.4, -0.2) is 47.8 Å². The number of pyridine rings is 1. The van der Waals surface area contributed by atoms with Crippen molar-refractivity contribution in [1.29, 1.82) is 0 Å². The Balaban J connectivity index is 2.00. The van der Waals surface area contributed by atoms with Crippen molar-refractivity contribution in [3.8, 4) is 0 Å². The summed E-state index contributed by atoms with van der Waals surface area (Å²) in [5.41, 5.74) is 0.414. The molecule has 1 fully saturated rings. The maximum atomic E-state index is 12.3. The fraction of sp³-hybridized carbons (Fsp3) is 0.500. The number of nitrogens with zero attached hydrogens (tertiary/aromatic N) is 1. The molecular weight excluding hydrogens is 274 g/mol. The van der Waals surface area contributed by atoms with Crippen molar-refractivity contribution in [3.63, 3.8) is 0 Å². The van der Waals surface area contributed by atoms with Gasteiger partial charge in [0, 0.05) is 12.2 Å². The van der Waals surface area contributed by atoms with Crippen molar-refractivity contribution in [2.24, 2.45) is 5.92 Å². The lowest BCUT2D eigenvalue weighted by Crippen LogP contribution is -2.41. The molecule has 114 valence electrons. The molecule has 1 aliphatic heterocycles. The standard InChI is InChI=1S/C14H19N3O4/c1-2-3-16-12-8-21-7-11(12)13(18)17-10-4-9(14(19)20)5-15-6-10/h4-6,11-12,16H,2-3,7-8H2,1H3,(H,17,18)(H,19,20). The molecule has 0 bridgehead atoms. The molecule has 7 heteroatoms. The summed E-state index contributed by atoms with van der Waals surface area (Å²) in [6.07, 6.45) is 3.65. The van der Waals surface area contributed by atoms with Gasteiger partial charge < -0.3 is 20.5 Å². The van der Waals surface area contributed by atoms with Crippen LogP contribution in [0.3, 0.4) is 0 Å². The Morgan fingerprint density at radius 2 is 2.24 bits per heavy atom. The predicted octanol–water partition coefficient (Wildman–Crippen LogP) is 0.733. The first-order chi connectivity index (χ1) is 10.1. The number of aromatic nitrogens is 1. The van der Waals surface area contributed by atoms with E-state index in [1.165, 1.54) is 18.5 Å². The Bertz CT molecular complexity index is 521. The van der Waals surface area contributed by atoms with E-state index in [-0.39, 0.29) is 23.4 Å². The van der Waals surface area contributed by atoms with Crippen molar-refractivity contribution in [1.82, 2.24) is 10.3 Å². The molecule has 3 N–H and O–H groups in total. The van der Waals surface area contributed by atoms with Crippen LogP contribution in [-0.2, 0) is 9.53 Å². The van der Waals surface area contributed by atoms with Crippen LogP contribution in [0.2, 0.25) is 0 Å². The number of carboxylic acids is 1. The average Bonchev–Trinajstić information content (AvgIpc) is 2.93. The van der Waals surface area contributed by atoms with E-state index in [0.29, 0.717) is 18.9 Å². The number of hydrogen-bond acceptors (Lipinski definition) is 5. The minimum atomic E-state index is -1.08. The largest absolute Gasteiger partial charge is 0.478 e. The summed E-state index contributed by atoms with van der Waals surface area (Å²) in [6.45, 7) is 3.75. The monoisotopic (exact) mass is 293 g/mol. The SMILES string of the molecule is CCCNC1COCC1C(=O)Nc1cncc(C(=O)O)c1. The van der Waals surface area contributed by atoms with Gasteiger partial charge in [-0.3, -0.25) is 9.78 Å². The van der Waals surface area contributed by atoms with Crippen LogP contribution < -0.4 is 10.6 Å². The number of nitrogens with one attached hydrogen (secondary N) is 2. The molecule has 2 rings (SSSR count). The normalized spacial score (nSPS) is 21.2. The zero-order valence-corrected chi connectivity index (χ0v) is 11.8. The van der Waals surface area contributed by atoms with Crippen LogP contribution in [0.4, 0.5) is 5.69 Å². The van der Waals surface area contributed by atoms with Crippen LogP contribution >= 0.6 is 0 Å². The van der Waals surface area contributed by atoms with Crippen molar-refractivity contribution >= 4 is 17.6 Å². The number of anilines is 1. The first kappa shape index (κ1) is 15.4. The minimum absolute atomic E-state index is 0.0134. The number of carbonyl (C=O) groups is 2. The van der Waals surface area contributed by atoms with E-state index < -0.39 is 5.97 Å². The summed E-state index contributed by atoms with van der Waals surface area (Å²) < 4.78 is 5.35. The van der Waals surface area contributed by atoms with Gasteiger partial charge in [0.1, 0.15) is 0 Å².